The van der Waals surface area contributed by atoms with Crippen molar-refractivity contribution in [3.05, 3.63) is 24.5 Å². The lowest BCUT2D eigenvalue weighted by atomic mass is 10.0. The Morgan fingerprint density at radius 1 is 0.850 bits per heavy atom. The number of aliphatic hydroxyl groups is 1. The number of ether oxygens (including phenoxy) is 1. The molecule has 0 saturated carbocycles. The number of unbranched alkanes of at least 4 members (excludes halogenated alkanes) is 8. The first-order valence-corrected chi connectivity index (χ1v) is 8.49. The minimum atomic E-state index is 0.437. The van der Waals surface area contributed by atoms with Crippen LogP contribution in [0.4, 0.5) is 0 Å². The van der Waals surface area contributed by atoms with Crippen LogP contribution in [0.3, 0.4) is 0 Å². The van der Waals surface area contributed by atoms with Gasteiger partial charge in [0.1, 0.15) is 0 Å². The molecule has 1 aliphatic rings. The van der Waals surface area contributed by atoms with Crippen molar-refractivity contribution in [1.29, 1.82) is 0 Å². The van der Waals surface area contributed by atoms with Crippen molar-refractivity contribution in [3.8, 4) is 0 Å². The van der Waals surface area contributed by atoms with Gasteiger partial charge in [-0.3, -0.25) is 0 Å². The molecule has 0 aromatic rings. The summed E-state index contributed by atoms with van der Waals surface area (Å²) in [5.74, 6) is 0. The van der Waals surface area contributed by atoms with Gasteiger partial charge in [-0.25, -0.2) is 0 Å². The van der Waals surface area contributed by atoms with E-state index in [1.807, 2.05) is 6.08 Å². The molecule has 116 valence electrons. The Bertz CT molecular complexity index is 271. The van der Waals surface area contributed by atoms with Crippen molar-refractivity contribution >= 4 is 0 Å². The second-order valence-corrected chi connectivity index (χ2v) is 5.84. The van der Waals surface area contributed by atoms with Crippen LogP contribution in [-0.2, 0) is 4.74 Å². The first kappa shape index (κ1) is 17.3. The van der Waals surface area contributed by atoms with Crippen molar-refractivity contribution < 1.29 is 9.84 Å². The molecule has 0 amide bonds. The highest BCUT2D eigenvalue weighted by Crippen LogP contribution is 2.30. The van der Waals surface area contributed by atoms with Gasteiger partial charge in [0.05, 0.1) is 18.5 Å². The molecule has 1 saturated heterocycles. The summed E-state index contributed by atoms with van der Waals surface area (Å²) in [7, 11) is 0. The predicted octanol–water partition coefficient (Wildman–Crippen LogP) is 5.69. The average molecular weight is 280 g/mol. The second-order valence-electron chi connectivity index (χ2n) is 5.84. The molecule has 2 atom stereocenters. The first-order valence-electron chi connectivity index (χ1n) is 8.49. The van der Waals surface area contributed by atoms with Gasteiger partial charge in [0.15, 0.2) is 0 Å². The van der Waals surface area contributed by atoms with Crippen LogP contribution < -0.4 is 0 Å². The Balaban J connectivity index is 1.79. The highest BCUT2D eigenvalue weighted by molar-refractivity contribution is 5.02. The zero-order chi connectivity index (χ0) is 14.5. The van der Waals surface area contributed by atoms with E-state index in [1.54, 1.807) is 6.08 Å². The largest absolute Gasteiger partial charge is 0.516 e. The Labute approximate surface area is 124 Å². The molecule has 20 heavy (non-hydrogen) atoms. The van der Waals surface area contributed by atoms with Crippen molar-refractivity contribution in [2.24, 2.45) is 0 Å². The molecular formula is C18H32O2. The van der Waals surface area contributed by atoms with E-state index in [0.717, 1.165) is 12.7 Å². The van der Waals surface area contributed by atoms with Gasteiger partial charge in [-0.2, -0.15) is 0 Å². The summed E-state index contributed by atoms with van der Waals surface area (Å²) in [6.07, 6.45) is 22.3. The Morgan fingerprint density at radius 3 is 2.15 bits per heavy atom. The fourth-order valence-electron chi connectivity index (χ4n) is 2.64. The summed E-state index contributed by atoms with van der Waals surface area (Å²) in [4.78, 5) is 0. The van der Waals surface area contributed by atoms with E-state index < -0.39 is 0 Å². The van der Waals surface area contributed by atoms with E-state index in [4.69, 9.17) is 9.84 Å². The molecule has 1 rings (SSSR count). The van der Waals surface area contributed by atoms with Crippen LogP contribution in [0.15, 0.2) is 24.5 Å². The van der Waals surface area contributed by atoms with Crippen LogP contribution in [-0.4, -0.2) is 17.3 Å². The molecule has 0 bridgehead atoms. The molecule has 0 spiro atoms. The lowest BCUT2D eigenvalue weighted by Crippen LogP contribution is -1.92. The SMILES string of the molecule is CCCCCCCCCCCC1OC1C/C=C\C=C\O. The van der Waals surface area contributed by atoms with Crippen LogP contribution in [0.25, 0.3) is 0 Å². The smallest absolute Gasteiger partial charge is 0.0876 e. The maximum Gasteiger partial charge on any atom is 0.0876 e. The standard InChI is InChI=1S/C18H32O2/c1-2-3-4-5-6-7-8-9-11-14-17-18(20-17)15-12-10-13-16-19/h10,12-13,16-19H,2-9,11,14-15H2,1H3/b12-10-,16-13+. The average Bonchev–Trinajstić information content (AvgIpc) is 3.20. The van der Waals surface area contributed by atoms with Gasteiger partial charge in [0.2, 0.25) is 0 Å². The molecule has 0 radical (unpaired) electrons. The molecule has 1 heterocycles. The molecule has 1 aliphatic heterocycles. The molecule has 0 aromatic carbocycles. The molecule has 1 N–H and O–H groups in total. The van der Waals surface area contributed by atoms with Crippen molar-refractivity contribution in [3.63, 3.8) is 0 Å². The third-order valence-electron chi connectivity index (χ3n) is 3.98. The molecule has 0 aliphatic carbocycles. The van der Waals surface area contributed by atoms with E-state index in [-0.39, 0.29) is 0 Å². The molecular weight excluding hydrogens is 248 g/mol. The number of rotatable bonds is 13. The van der Waals surface area contributed by atoms with Gasteiger partial charge < -0.3 is 9.84 Å². The van der Waals surface area contributed by atoms with Gasteiger partial charge in [-0.05, 0) is 18.9 Å². The number of hydrogen-bond acceptors (Lipinski definition) is 2. The van der Waals surface area contributed by atoms with Crippen LogP contribution >= 0.6 is 0 Å². The summed E-state index contributed by atoms with van der Waals surface area (Å²) in [5.41, 5.74) is 0. The van der Waals surface area contributed by atoms with Gasteiger partial charge in [-0.15, -0.1) is 0 Å². The van der Waals surface area contributed by atoms with E-state index in [2.05, 4.69) is 13.0 Å². The van der Waals surface area contributed by atoms with Crippen molar-refractivity contribution in [2.75, 3.05) is 0 Å². The summed E-state index contributed by atoms with van der Waals surface area (Å²) in [5, 5.41) is 8.48. The van der Waals surface area contributed by atoms with Gasteiger partial charge in [0, 0.05) is 0 Å². The van der Waals surface area contributed by atoms with Crippen LogP contribution in [0.2, 0.25) is 0 Å². The van der Waals surface area contributed by atoms with Gasteiger partial charge in [-0.1, -0.05) is 76.9 Å². The Kier molecular flexibility index (Phi) is 10.4. The molecule has 2 heteroatoms. The number of allylic oxidation sites excluding steroid dienone is 2. The number of epoxide rings is 1. The number of hydrogen-bond donors (Lipinski definition) is 1. The highest BCUT2D eigenvalue weighted by atomic mass is 16.6. The summed E-state index contributed by atoms with van der Waals surface area (Å²) < 4.78 is 5.63. The third-order valence-corrected chi connectivity index (χ3v) is 3.98. The maximum atomic E-state index is 8.48. The highest BCUT2D eigenvalue weighted by Gasteiger charge is 2.36. The number of aliphatic hydroxyl groups excluding tert-OH is 1. The Morgan fingerprint density at radius 2 is 1.50 bits per heavy atom. The molecule has 1 fully saturated rings. The lowest BCUT2D eigenvalue weighted by molar-refractivity contribution is 0.358. The van der Waals surface area contributed by atoms with Crippen LogP contribution in [0.5, 0.6) is 0 Å². The molecule has 2 nitrogen and oxygen atoms in total. The zero-order valence-electron chi connectivity index (χ0n) is 13.1. The summed E-state index contributed by atoms with van der Waals surface area (Å²) in [6, 6.07) is 0. The topological polar surface area (TPSA) is 32.8 Å². The maximum absolute atomic E-state index is 8.48. The third kappa shape index (κ3) is 9.19. The van der Waals surface area contributed by atoms with Gasteiger partial charge in [0.25, 0.3) is 0 Å². The van der Waals surface area contributed by atoms with Crippen LogP contribution in [0, 0.1) is 0 Å². The zero-order valence-corrected chi connectivity index (χ0v) is 13.1. The van der Waals surface area contributed by atoms with E-state index in [0.29, 0.717) is 12.2 Å². The van der Waals surface area contributed by atoms with Crippen molar-refractivity contribution in [2.45, 2.75) is 89.8 Å². The second kappa shape index (κ2) is 12.0. The normalized spacial score (nSPS) is 22.1. The summed E-state index contributed by atoms with van der Waals surface area (Å²) >= 11 is 0. The monoisotopic (exact) mass is 280 g/mol. The quantitative estimate of drug-likeness (QED) is 0.203. The van der Waals surface area contributed by atoms with E-state index in [1.165, 1.54) is 64.2 Å². The minimum absolute atomic E-state index is 0.437. The summed E-state index contributed by atoms with van der Waals surface area (Å²) in [6.45, 7) is 2.27. The van der Waals surface area contributed by atoms with Crippen molar-refractivity contribution in [1.82, 2.24) is 0 Å². The van der Waals surface area contributed by atoms with Gasteiger partial charge >= 0.3 is 0 Å². The fraction of sp³-hybridized carbons (Fsp3) is 0.778. The lowest BCUT2D eigenvalue weighted by Gasteiger charge is -2.01. The fourth-order valence-corrected chi connectivity index (χ4v) is 2.64. The predicted molar refractivity (Wildman–Crippen MR) is 86.0 cm³/mol. The first-order chi connectivity index (χ1) is 9.88. The van der Waals surface area contributed by atoms with E-state index in [9.17, 15) is 0 Å². The minimum Gasteiger partial charge on any atom is -0.516 e. The molecule has 0 aromatic heterocycles. The molecule has 2 unspecified atom stereocenters. The van der Waals surface area contributed by atoms with E-state index >= 15 is 0 Å². The Hall–Kier alpha value is -0.760. The van der Waals surface area contributed by atoms with Crippen LogP contribution in [0.1, 0.15) is 77.6 Å².